The molecule has 2 aromatic rings. The monoisotopic (exact) mass is 428 g/mol. The van der Waals surface area contributed by atoms with Gasteiger partial charge in [0.1, 0.15) is 16.4 Å². The number of unbranched alkanes of at least 4 members (excludes halogenated alkanes) is 7. The van der Waals surface area contributed by atoms with Crippen molar-refractivity contribution in [1.82, 2.24) is 0 Å². The van der Waals surface area contributed by atoms with Crippen molar-refractivity contribution in [2.75, 3.05) is 0 Å². The van der Waals surface area contributed by atoms with Crippen LogP contribution in [-0.4, -0.2) is 13.0 Å². The van der Waals surface area contributed by atoms with E-state index in [2.05, 4.69) is 6.92 Å². The summed E-state index contributed by atoms with van der Waals surface area (Å²) in [6.07, 6.45) is 9.83. The number of aryl methyl sites for hydroxylation is 1. The third kappa shape index (κ3) is 8.69. The Kier molecular flexibility index (Phi) is 11.9. The fraction of sp³-hybridized carbons (Fsp3) is 0.455. The third-order valence-corrected chi connectivity index (χ3v) is 5.58. The average molecular weight is 429 g/mol. The zero-order valence-corrected chi connectivity index (χ0v) is 20.2. The Hall–Kier alpha value is -1.05. The minimum Gasteiger partial charge on any atom is -0.870 e. The molecule has 0 aliphatic heterocycles. The van der Waals surface area contributed by atoms with E-state index in [0.29, 0.717) is 17.7 Å². The van der Waals surface area contributed by atoms with E-state index in [0.717, 1.165) is 19.3 Å². The van der Waals surface area contributed by atoms with Gasteiger partial charge in [-0.05, 0) is 31.0 Å². The number of rotatable bonds is 12. The summed E-state index contributed by atoms with van der Waals surface area (Å²) in [6, 6.07) is 11.2. The predicted octanol–water partition coefficient (Wildman–Crippen LogP) is 2.49. The smallest absolute Gasteiger partial charge is 0.870 e. The predicted molar refractivity (Wildman–Crippen MR) is 109 cm³/mol. The topological polar surface area (TPSA) is 86.7 Å². The van der Waals surface area contributed by atoms with Gasteiger partial charge in [0.25, 0.3) is 10.1 Å². The van der Waals surface area contributed by atoms with Gasteiger partial charge in [-0.25, -0.2) is 0 Å². The van der Waals surface area contributed by atoms with Crippen molar-refractivity contribution in [3.8, 4) is 17.2 Å². The van der Waals surface area contributed by atoms with Gasteiger partial charge in [0.2, 0.25) is 0 Å². The fourth-order valence-corrected chi connectivity index (χ4v) is 3.75. The van der Waals surface area contributed by atoms with Crippen LogP contribution in [0.25, 0.3) is 0 Å². The van der Waals surface area contributed by atoms with Gasteiger partial charge in [0.05, 0.1) is 0 Å². The van der Waals surface area contributed by atoms with E-state index in [1.807, 2.05) is 0 Å². The van der Waals surface area contributed by atoms with E-state index in [4.69, 9.17) is 4.74 Å². The van der Waals surface area contributed by atoms with Gasteiger partial charge in [-0.15, -0.1) is 0 Å². The zero-order valence-electron chi connectivity index (χ0n) is 17.4. The minimum atomic E-state index is -4.56. The molecule has 154 valence electrons. The fourth-order valence-electron chi connectivity index (χ4n) is 3.14. The summed E-state index contributed by atoms with van der Waals surface area (Å²) in [5, 5.41) is 12.8. The van der Waals surface area contributed by atoms with Crippen LogP contribution >= 0.6 is 0 Å². The van der Waals surface area contributed by atoms with Crippen molar-refractivity contribution in [2.45, 2.75) is 69.6 Å². The second kappa shape index (κ2) is 13.3. The standard InChI is InChI=1S/C22H30O5S.Na/c1-2-3-4-5-6-7-8-10-13-18-16-17-20(28(24,25)26)22(21(18)23)27-19-14-11-9-12-15-19;/h9,11-12,14-17,23H,2-8,10,13H2,1H3,(H,24,25,26);/q;+1/p-1. The molecular formula is C22H29NaO5S. The molecule has 0 radical (unpaired) electrons. The van der Waals surface area contributed by atoms with Crippen molar-refractivity contribution in [1.29, 1.82) is 0 Å². The summed E-state index contributed by atoms with van der Waals surface area (Å²) in [5.41, 5.74) is 0.504. The Labute approximate surface area is 196 Å². The molecule has 29 heavy (non-hydrogen) atoms. The van der Waals surface area contributed by atoms with E-state index < -0.39 is 20.8 Å². The minimum absolute atomic E-state index is 0. The normalized spacial score (nSPS) is 11.1. The molecule has 0 spiro atoms. The van der Waals surface area contributed by atoms with Crippen molar-refractivity contribution in [3.63, 3.8) is 0 Å². The number of ether oxygens (including phenoxy) is 1. The largest absolute Gasteiger partial charge is 1.00 e. The number of hydrogen-bond donors (Lipinski definition) is 1. The number of hydrogen-bond acceptors (Lipinski definition) is 4. The summed E-state index contributed by atoms with van der Waals surface area (Å²) in [5.74, 6) is -0.485. The second-order valence-electron chi connectivity index (χ2n) is 7.00. The van der Waals surface area contributed by atoms with Crippen LogP contribution in [0, 0.1) is 0 Å². The van der Waals surface area contributed by atoms with E-state index in [1.54, 1.807) is 30.3 Å². The summed E-state index contributed by atoms with van der Waals surface area (Å²) in [4.78, 5) is -0.499. The van der Waals surface area contributed by atoms with Crippen LogP contribution in [0.5, 0.6) is 17.2 Å². The Morgan fingerprint density at radius 3 is 2.07 bits per heavy atom. The van der Waals surface area contributed by atoms with Gasteiger partial charge >= 0.3 is 29.6 Å². The molecule has 0 aliphatic carbocycles. The number of benzene rings is 2. The van der Waals surface area contributed by atoms with Crippen LogP contribution in [0.15, 0.2) is 47.4 Å². The molecule has 0 aromatic heterocycles. The van der Waals surface area contributed by atoms with E-state index in [-0.39, 0.29) is 35.3 Å². The molecule has 0 unspecified atom stereocenters. The van der Waals surface area contributed by atoms with Gasteiger partial charge in [-0.3, -0.25) is 4.55 Å². The van der Waals surface area contributed by atoms with Gasteiger partial charge in [0, 0.05) is 0 Å². The van der Waals surface area contributed by atoms with Gasteiger partial charge in [-0.2, -0.15) is 8.42 Å². The SMILES string of the molecule is CCCCCCCCCCc1ccc(S(=O)(=O)O)c(Oc2ccccc2)c1[O-].[Na+]. The molecule has 0 fully saturated rings. The van der Waals surface area contributed by atoms with Crippen LogP contribution in [-0.2, 0) is 16.5 Å². The molecule has 0 saturated carbocycles. The van der Waals surface area contributed by atoms with Crippen LogP contribution in [0.2, 0.25) is 0 Å². The average Bonchev–Trinajstić information content (AvgIpc) is 2.66. The first kappa shape index (κ1) is 26.0. The quantitative estimate of drug-likeness (QED) is 0.319. The maximum Gasteiger partial charge on any atom is 1.00 e. The summed E-state index contributed by atoms with van der Waals surface area (Å²) >= 11 is 0. The van der Waals surface area contributed by atoms with Crippen molar-refractivity contribution in [3.05, 3.63) is 48.0 Å². The van der Waals surface area contributed by atoms with Crippen LogP contribution in [0.4, 0.5) is 0 Å². The molecule has 1 N–H and O–H groups in total. The molecular weight excluding hydrogens is 399 g/mol. The maximum atomic E-state index is 12.8. The first-order chi connectivity index (χ1) is 13.4. The maximum absolute atomic E-state index is 12.8. The molecule has 2 rings (SSSR count). The number of para-hydroxylation sites is 1. The Morgan fingerprint density at radius 1 is 0.897 bits per heavy atom. The molecule has 7 heteroatoms. The van der Waals surface area contributed by atoms with Crippen LogP contribution in [0.3, 0.4) is 0 Å². The van der Waals surface area contributed by atoms with Crippen LogP contribution in [0.1, 0.15) is 63.9 Å². The summed E-state index contributed by atoms with van der Waals surface area (Å²) in [6.45, 7) is 2.20. The first-order valence-electron chi connectivity index (χ1n) is 9.96. The van der Waals surface area contributed by atoms with Gasteiger partial charge in [0.15, 0.2) is 0 Å². The Bertz CT molecular complexity index is 838. The van der Waals surface area contributed by atoms with Crippen molar-refractivity contribution < 1.29 is 52.4 Å². The van der Waals surface area contributed by atoms with Crippen LogP contribution < -0.4 is 39.4 Å². The van der Waals surface area contributed by atoms with E-state index in [1.165, 1.54) is 44.2 Å². The van der Waals surface area contributed by atoms with Gasteiger partial charge in [-0.1, -0.05) is 87.4 Å². The Balaban J connectivity index is 0.00000420. The molecule has 0 atom stereocenters. The van der Waals surface area contributed by atoms with Crippen molar-refractivity contribution >= 4 is 10.1 Å². The third-order valence-electron chi connectivity index (χ3n) is 4.70. The molecule has 0 aliphatic rings. The molecule has 2 aromatic carbocycles. The van der Waals surface area contributed by atoms with Gasteiger partial charge < -0.3 is 9.84 Å². The molecule has 0 saturated heterocycles. The zero-order chi connectivity index (χ0) is 20.4. The Morgan fingerprint density at radius 2 is 1.48 bits per heavy atom. The molecule has 0 bridgehead atoms. The summed E-state index contributed by atoms with van der Waals surface area (Å²) in [7, 11) is -4.56. The van der Waals surface area contributed by atoms with E-state index >= 15 is 0 Å². The summed E-state index contributed by atoms with van der Waals surface area (Å²) < 4.78 is 38.3. The molecule has 0 amide bonds. The van der Waals surface area contributed by atoms with Crippen molar-refractivity contribution in [2.24, 2.45) is 0 Å². The molecule has 0 heterocycles. The molecule has 5 nitrogen and oxygen atoms in total. The first-order valence-corrected chi connectivity index (χ1v) is 11.4. The van der Waals surface area contributed by atoms with E-state index in [9.17, 15) is 18.1 Å². The second-order valence-corrected chi connectivity index (χ2v) is 8.39.